The molecule has 3 N–H and O–H groups in total. The van der Waals surface area contributed by atoms with Crippen molar-refractivity contribution in [3.05, 3.63) is 0 Å². The quantitative estimate of drug-likeness (QED) is 0.514. The van der Waals surface area contributed by atoms with Crippen LogP contribution in [-0.4, -0.2) is 34.1 Å². The minimum absolute atomic E-state index is 0.0878. The molecule has 0 heterocycles. The van der Waals surface area contributed by atoms with Gasteiger partial charge in [0.2, 0.25) is 5.91 Å². The van der Waals surface area contributed by atoms with Crippen molar-refractivity contribution >= 4 is 17.8 Å². The molecule has 104 valence electrons. The molecule has 0 aliphatic rings. The summed E-state index contributed by atoms with van der Waals surface area (Å²) in [4.78, 5) is 32.6. The Kier molecular flexibility index (Phi) is 8.61. The largest absolute Gasteiger partial charge is 0.481 e. The maximum atomic E-state index is 11.4. The monoisotopic (exact) mass is 259 g/mol. The van der Waals surface area contributed by atoms with E-state index in [2.05, 4.69) is 5.32 Å². The van der Waals surface area contributed by atoms with Crippen LogP contribution < -0.4 is 5.32 Å². The molecule has 0 spiro atoms. The van der Waals surface area contributed by atoms with E-state index in [4.69, 9.17) is 10.2 Å². The van der Waals surface area contributed by atoms with Crippen LogP contribution in [0.3, 0.4) is 0 Å². The summed E-state index contributed by atoms with van der Waals surface area (Å²) >= 11 is 0. The van der Waals surface area contributed by atoms with Gasteiger partial charge in [0.25, 0.3) is 0 Å². The molecular weight excluding hydrogens is 238 g/mol. The van der Waals surface area contributed by atoms with Gasteiger partial charge in [0.1, 0.15) is 6.04 Å². The zero-order valence-corrected chi connectivity index (χ0v) is 10.6. The molecule has 0 aliphatic carbocycles. The second-order valence-electron chi connectivity index (χ2n) is 4.20. The SMILES string of the molecule is CCCCCC(=O)N[C@H](CCCC(=O)O)C(=O)O. The van der Waals surface area contributed by atoms with E-state index < -0.39 is 18.0 Å². The molecule has 1 amide bonds. The second-order valence-corrected chi connectivity index (χ2v) is 4.20. The lowest BCUT2D eigenvalue weighted by Crippen LogP contribution is -2.40. The number of carboxylic acids is 2. The Morgan fingerprint density at radius 1 is 1.06 bits per heavy atom. The van der Waals surface area contributed by atoms with E-state index in [0.717, 1.165) is 19.3 Å². The van der Waals surface area contributed by atoms with Gasteiger partial charge in [-0.15, -0.1) is 0 Å². The van der Waals surface area contributed by atoms with Gasteiger partial charge in [0, 0.05) is 12.8 Å². The summed E-state index contributed by atoms with van der Waals surface area (Å²) in [5, 5.41) is 19.8. The lowest BCUT2D eigenvalue weighted by Gasteiger charge is -2.13. The van der Waals surface area contributed by atoms with Crippen molar-refractivity contribution in [1.82, 2.24) is 5.32 Å². The molecule has 6 nitrogen and oxygen atoms in total. The Bertz CT molecular complexity index is 290. The number of amides is 1. The standard InChI is InChI=1S/C12H21NO5/c1-2-3-4-7-10(14)13-9(12(17)18)6-5-8-11(15)16/h9H,2-8H2,1H3,(H,13,14)(H,15,16)(H,17,18)/t9-/m1/s1. The van der Waals surface area contributed by atoms with Crippen LogP contribution in [-0.2, 0) is 14.4 Å². The molecule has 1 atom stereocenters. The summed E-state index contributed by atoms with van der Waals surface area (Å²) in [5.41, 5.74) is 0. The van der Waals surface area contributed by atoms with Crippen molar-refractivity contribution in [2.75, 3.05) is 0 Å². The van der Waals surface area contributed by atoms with Crippen molar-refractivity contribution in [2.45, 2.75) is 57.9 Å². The molecule has 0 saturated heterocycles. The molecule has 0 aromatic rings. The van der Waals surface area contributed by atoms with Gasteiger partial charge in [-0.05, 0) is 19.3 Å². The maximum absolute atomic E-state index is 11.4. The van der Waals surface area contributed by atoms with Gasteiger partial charge in [-0.2, -0.15) is 0 Å². The van der Waals surface area contributed by atoms with E-state index >= 15 is 0 Å². The van der Waals surface area contributed by atoms with E-state index in [1.54, 1.807) is 0 Å². The molecule has 0 aliphatic heterocycles. The van der Waals surface area contributed by atoms with Crippen molar-refractivity contribution in [1.29, 1.82) is 0 Å². The molecule has 0 unspecified atom stereocenters. The van der Waals surface area contributed by atoms with E-state index in [-0.39, 0.29) is 25.2 Å². The topological polar surface area (TPSA) is 104 Å². The van der Waals surface area contributed by atoms with Gasteiger partial charge in [-0.3, -0.25) is 9.59 Å². The van der Waals surface area contributed by atoms with E-state index in [1.165, 1.54) is 0 Å². The first-order chi connectivity index (χ1) is 8.47. The highest BCUT2D eigenvalue weighted by molar-refractivity contribution is 5.83. The Morgan fingerprint density at radius 2 is 1.72 bits per heavy atom. The molecule has 0 saturated carbocycles. The highest BCUT2D eigenvalue weighted by Gasteiger charge is 2.19. The number of carbonyl (C=O) groups is 3. The third-order valence-corrected chi connectivity index (χ3v) is 2.52. The fraction of sp³-hybridized carbons (Fsp3) is 0.750. The van der Waals surface area contributed by atoms with Crippen molar-refractivity contribution < 1.29 is 24.6 Å². The second kappa shape index (κ2) is 9.44. The predicted molar refractivity (Wildman–Crippen MR) is 65.2 cm³/mol. The zero-order chi connectivity index (χ0) is 14.0. The number of carboxylic acid groups (broad SMARTS) is 2. The minimum atomic E-state index is -1.12. The number of nitrogens with one attached hydrogen (secondary N) is 1. The van der Waals surface area contributed by atoms with Gasteiger partial charge in [0.15, 0.2) is 0 Å². The van der Waals surface area contributed by atoms with Crippen LogP contribution in [0.25, 0.3) is 0 Å². The molecule has 0 aromatic carbocycles. The van der Waals surface area contributed by atoms with E-state index in [0.29, 0.717) is 6.42 Å². The Balaban J connectivity index is 3.99. The lowest BCUT2D eigenvalue weighted by atomic mass is 10.1. The fourth-order valence-corrected chi connectivity index (χ4v) is 1.52. The van der Waals surface area contributed by atoms with Gasteiger partial charge < -0.3 is 15.5 Å². The fourth-order valence-electron chi connectivity index (χ4n) is 1.52. The van der Waals surface area contributed by atoms with Crippen LogP contribution >= 0.6 is 0 Å². The van der Waals surface area contributed by atoms with Gasteiger partial charge in [-0.25, -0.2) is 4.79 Å². The van der Waals surface area contributed by atoms with Crippen molar-refractivity contribution in [2.24, 2.45) is 0 Å². The number of rotatable bonds is 10. The van der Waals surface area contributed by atoms with Crippen LogP contribution in [0.4, 0.5) is 0 Å². The predicted octanol–water partition coefficient (Wildman–Crippen LogP) is 1.39. The lowest BCUT2D eigenvalue weighted by molar-refractivity contribution is -0.142. The number of aliphatic carboxylic acids is 2. The first kappa shape index (κ1) is 16.4. The molecule has 0 fully saturated rings. The van der Waals surface area contributed by atoms with Gasteiger partial charge in [-0.1, -0.05) is 19.8 Å². The summed E-state index contributed by atoms with van der Waals surface area (Å²) in [6.07, 6.45) is 3.27. The Morgan fingerprint density at radius 3 is 2.22 bits per heavy atom. The molecular formula is C12H21NO5. The summed E-state index contributed by atoms with van der Waals surface area (Å²) in [7, 11) is 0. The van der Waals surface area contributed by atoms with Crippen LogP contribution in [0.1, 0.15) is 51.9 Å². The summed E-state index contributed by atoms with van der Waals surface area (Å²) in [5.74, 6) is -2.37. The normalized spacial score (nSPS) is 11.8. The van der Waals surface area contributed by atoms with Crippen LogP contribution in [0.5, 0.6) is 0 Å². The summed E-state index contributed by atoms with van der Waals surface area (Å²) in [6, 6.07) is -0.988. The molecule has 18 heavy (non-hydrogen) atoms. The summed E-state index contributed by atoms with van der Waals surface area (Å²) < 4.78 is 0. The molecule has 0 aromatic heterocycles. The molecule has 0 rings (SSSR count). The highest BCUT2D eigenvalue weighted by atomic mass is 16.4. The molecule has 0 radical (unpaired) electrons. The minimum Gasteiger partial charge on any atom is -0.481 e. The van der Waals surface area contributed by atoms with Crippen LogP contribution in [0.2, 0.25) is 0 Å². The number of hydrogen-bond donors (Lipinski definition) is 3. The van der Waals surface area contributed by atoms with Crippen molar-refractivity contribution in [3.63, 3.8) is 0 Å². The number of carbonyl (C=O) groups excluding carboxylic acids is 1. The molecule has 0 bridgehead atoms. The zero-order valence-electron chi connectivity index (χ0n) is 10.6. The average Bonchev–Trinajstić information content (AvgIpc) is 2.27. The third kappa shape index (κ3) is 8.55. The van der Waals surface area contributed by atoms with Crippen LogP contribution in [0.15, 0.2) is 0 Å². The Hall–Kier alpha value is -1.59. The average molecular weight is 259 g/mol. The van der Waals surface area contributed by atoms with Gasteiger partial charge in [0.05, 0.1) is 0 Å². The maximum Gasteiger partial charge on any atom is 0.326 e. The van der Waals surface area contributed by atoms with E-state index in [9.17, 15) is 14.4 Å². The van der Waals surface area contributed by atoms with Crippen LogP contribution in [0, 0.1) is 0 Å². The Labute approximate surface area is 106 Å². The smallest absolute Gasteiger partial charge is 0.326 e. The molecule has 6 heteroatoms. The van der Waals surface area contributed by atoms with Crippen molar-refractivity contribution in [3.8, 4) is 0 Å². The first-order valence-electron chi connectivity index (χ1n) is 6.21. The highest BCUT2D eigenvalue weighted by Crippen LogP contribution is 2.04. The first-order valence-corrected chi connectivity index (χ1v) is 6.21. The van der Waals surface area contributed by atoms with E-state index in [1.807, 2.05) is 6.92 Å². The van der Waals surface area contributed by atoms with Gasteiger partial charge >= 0.3 is 11.9 Å². The number of hydrogen-bond acceptors (Lipinski definition) is 3. The summed E-state index contributed by atoms with van der Waals surface area (Å²) in [6.45, 7) is 2.02. The number of unbranched alkanes of at least 4 members (excludes halogenated alkanes) is 2. The third-order valence-electron chi connectivity index (χ3n) is 2.52.